The normalized spacial score (nSPS) is 11.0. The summed E-state index contributed by atoms with van der Waals surface area (Å²) in [6.45, 7) is 4.07. The predicted octanol–water partition coefficient (Wildman–Crippen LogP) is 4.41. The summed E-state index contributed by atoms with van der Waals surface area (Å²) in [6, 6.07) is 9.63. The first-order valence-corrected chi connectivity index (χ1v) is 11.2. The minimum absolute atomic E-state index is 0.0528. The largest absolute Gasteiger partial charge is 0.490 e. The molecule has 11 heteroatoms. The van der Waals surface area contributed by atoms with Gasteiger partial charge >= 0.3 is 5.97 Å². The van der Waals surface area contributed by atoms with Crippen LogP contribution in [-0.2, 0) is 4.79 Å². The molecular formula is C21H18N4O5S2. The topological polar surface area (TPSA) is 127 Å². The van der Waals surface area contributed by atoms with Gasteiger partial charge in [-0.05, 0) is 48.6 Å². The quantitative estimate of drug-likeness (QED) is 0.159. The zero-order chi connectivity index (χ0) is 22.9. The van der Waals surface area contributed by atoms with E-state index in [1.807, 2.05) is 13.0 Å². The minimum atomic E-state index is -0.672. The summed E-state index contributed by atoms with van der Waals surface area (Å²) in [5.41, 5.74) is 0.380. The van der Waals surface area contributed by atoms with Gasteiger partial charge in [-0.3, -0.25) is 10.1 Å². The molecule has 3 rings (SSSR count). The number of nitrogens with zero attached hydrogens (tertiary/aromatic N) is 3. The number of aromatic nitrogens is 2. The van der Waals surface area contributed by atoms with Gasteiger partial charge in [-0.15, -0.1) is 0 Å². The first kappa shape index (κ1) is 23.1. The van der Waals surface area contributed by atoms with Crippen LogP contribution in [0.2, 0.25) is 0 Å². The Kier molecular flexibility index (Phi) is 8.02. The Morgan fingerprint density at radius 3 is 2.84 bits per heavy atom. The van der Waals surface area contributed by atoms with Crippen molar-refractivity contribution in [2.75, 3.05) is 17.7 Å². The Balaban J connectivity index is 1.78. The monoisotopic (exact) mass is 470 g/mol. The third-order valence-corrected chi connectivity index (χ3v) is 5.25. The molecule has 1 aromatic carbocycles. The highest BCUT2D eigenvalue weighted by molar-refractivity contribution is 7.99. The summed E-state index contributed by atoms with van der Waals surface area (Å²) in [5.74, 6) is 0.0454. The standard InChI is InChI=1S/C21H18N4O5S2/c1-3-28-17-11-13(7-8-15(17)30-19(27)16-6-5-9-29-16)10-14(12-22)18(26)23-20-24-21(25-32-20)31-4-2/h5-11H,3-4H2,1-2H3,(H,23,24,25,26)/b14-10-. The fourth-order valence-corrected chi connectivity index (χ4v) is 3.71. The molecule has 1 amide bonds. The molecule has 2 heterocycles. The van der Waals surface area contributed by atoms with Crippen molar-refractivity contribution in [3.05, 3.63) is 53.5 Å². The first-order valence-electron chi connectivity index (χ1n) is 9.46. The van der Waals surface area contributed by atoms with Crippen LogP contribution in [0.25, 0.3) is 6.08 Å². The minimum Gasteiger partial charge on any atom is -0.490 e. The van der Waals surface area contributed by atoms with Gasteiger partial charge < -0.3 is 13.9 Å². The molecule has 0 atom stereocenters. The highest BCUT2D eigenvalue weighted by atomic mass is 32.2. The number of esters is 1. The Morgan fingerprint density at radius 1 is 1.31 bits per heavy atom. The van der Waals surface area contributed by atoms with Crippen molar-refractivity contribution in [2.24, 2.45) is 0 Å². The number of carbonyl (C=O) groups excluding carboxylic acids is 2. The Hall–Kier alpha value is -3.62. The number of hydrogen-bond donors (Lipinski definition) is 1. The number of hydrogen-bond acceptors (Lipinski definition) is 10. The van der Waals surface area contributed by atoms with Gasteiger partial charge in [0.05, 0.1) is 12.9 Å². The van der Waals surface area contributed by atoms with Crippen molar-refractivity contribution < 1.29 is 23.5 Å². The fourth-order valence-electron chi connectivity index (χ4n) is 2.44. The van der Waals surface area contributed by atoms with Gasteiger partial charge in [0.1, 0.15) is 11.6 Å². The summed E-state index contributed by atoms with van der Waals surface area (Å²) in [4.78, 5) is 28.8. The second-order valence-corrected chi connectivity index (χ2v) is 7.93. The summed E-state index contributed by atoms with van der Waals surface area (Å²) >= 11 is 2.49. The molecule has 9 nitrogen and oxygen atoms in total. The van der Waals surface area contributed by atoms with Crippen LogP contribution in [0.1, 0.15) is 30.0 Å². The van der Waals surface area contributed by atoms with Crippen molar-refractivity contribution in [3.63, 3.8) is 0 Å². The van der Waals surface area contributed by atoms with Crippen molar-refractivity contribution in [1.82, 2.24) is 9.36 Å². The SMILES string of the molecule is CCOc1cc(/C=C(/C#N)C(=O)Nc2nc(SCC)ns2)ccc1OC(=O)c1ccco1. The van der Waals surface area contributed by atoms with Crippen molar-refractivity contribution in [2.45, 2.75) is 19.0 Å². The molecule has 0 bridgehead atoms. The van der Waals surface area contributed by atoms with E-state index >= 15 is 0 Å². The number of furan rings is 1. The van der Waals surface area contributed by atoms with E-state index < -0.39 is 11.9 Å². The zero-order valence-corrected chi connectivity index (χ0v) is 18.8. The maximum atomic E-state index is 12.5. The molecular weight excluding hydrogens is 452 g/mol. The van der Waals surface area contributed by atoms with Crippen LogP contribution >= 0.6 is 23.3 Å². The summed E-state index contributed by atoms with van der Waals surface area (Å²) in [5, 5.41) is 12.9. The molecule has 0 aliphatic heterocycles. The molecule has 0 radical (unpaired) electrons. The molecule has 0 unspecified atom stereocenters. The highest BCUT2D eigenvalue weighted by Gasteiger charge is 2.17. The maximum absolute atomic E-state index is 12.5. The average molecular weight is 471 g/mol. The predicted molar refractivity (Wildman–Crippen MR) is 120 cm³/mol. The van der Waals surface area contributed by atoms with Gasteiger partial charge in [0, 0.05) is 11.5 Å². The number of nitrogens with one attached hydrogen (secondary N) is 1. The van der Waals surface area contributed by atoms with E-state index in [9.17, 15) is 14.9 Å². The molecule has 2 aromatic heterocycles. The number of ether oxygens (including phenoxy) is 2. The van der Waals surface area contributed by atoms with Crippen LogP contribution in [0.4, 0.5) is 5.13 Å². The van der Waals surface area contributed by atoms with Crippen LogP contribution in [0.5, 0.6) is 11.5 Å². The third kappa shape index (κ3) is 5.96. The number of anilines is 1. The Labute approximate surface area is 192 Å². The van der Waals surface area contributed by atoms with E-state index in [0.29, 0.717) is 22.5 Å². The van der Waals surface area contributed by atoms with Crippen LogP contribution in [0.3, 0.4) is 0 Å². The van der Waals surface area contributed by atoms with E-state index in [-0.39, 0.29) is 22.8 Å². The molecule has 32 heavy (non-hydrogen) atoms. The number of carbonyl (C=O) groups is 2. The van der Waals surface area contributed by atoms with Gasteiger partial charge in [0.2, 0.25) is 16.0 Å². The van der Waals surface area contributed by atoms with E-state index in [0.717, 1.165) is 17.3 Å². The fraction of sp³-hybridized carbons (Fsp3) is 0.190. The third-order valence-electron chi connectivity index (χ3n) is 3.77. The molecule has 0 saturated heterocycles. The lowest BCUT2D eigenvalue weighted by Crippen LogP contribution is -2.13. The molecule has 0 spiro atoms. The molecule has 0 saturated carbocycles. The molecule has 0 aliphatic rings. The molecule has 0 fully saturated rings. The van der Waals surface area contributed by atoms with E-state index in [1.54, 1.807) is 25.1 Å². The number of amides is 1. The van der Waals surface area contributed by atoms with Gasteiger partial charge in [0.15, 0.2) is 11.5 Å². The average Bonchev–Trinajstić information content (AvgIpc) is 3.46. The highest BCUT2D eigenvalue weighted by Crippen LogP contribution is 2.30. The lowest BCUT2D eigenvalue weighted by atomic mass is 10.1. The second kappa shape index (κ2) is 11.1. The number of nitriles is 1. The van der Waals surface area contributed by atoms with Gasteiger partial charge in [-0.2, -0.15) is 14.6 Å². The van der Waals surface area contributed by atoms with Crippen LogP contribution in [-0.4, -0.2) is 33.6 Å². The van der Waals surface area contributed by atoms with Crippen molar-refractivity contribution in [3.8, 4) is 17.6 Å². The molecule has 164 valence electrons. The number of rotatable bonds is 9. The van der Waals surface area contributed by atoms with E-state index in [4.69, 9.17) is 13.9 Å². The maximum Gasteiger partial charge on any atom is 0.379 e. The van der Waals surface area contributed by atoms with Crippen LogP contribution in [0, 0.1) is 11.3 Å². The van der Waals surface area contributed by atoms with Crippen LogP contribution < -0.4 is 14.8 Å². The lowest BCUT2D eigenvalue weighted by molar-refractivity contribution is -0.112. The smallest absolute Gasteiger partial charge is 0.379 e. The molecule has 1 N–H and O–H groups in total. The first-order chi connectivity index (χ1) is 15.5. The second-order valence-electron chi connectivity index (χ2n) is 5.95. The zero-order valence-electron chi connectivity index (χ0n) is 17.2. The number of benzene rings is 1. The van der Waals surface area contributed by atoms with Gasteiger partial charge in [-0.25, -0.2) is 4.79 Å². The number of thioether (sulfide) groups is 1. The van der Waals surface area contributed by atoms with Gasteiger partial charge in [-0.1, -0.05) is 24.8 Å². The van der Waals surface area contributed by atoms with E-state index in [2.05, 4.69) is 14.7 Å². The van der Waals surface area contributed by atoms with Crippen molar-refractivity contribution in [1.29, 1.82) is 5.26 Å². The summed E-state index contributed by atoms with van der Waals surface area (Å²) in [7, 11) is 0. The van der Waals surface area contributed by atoms with Crippen molar-refractivity contribution >= 4 is 46.4 Å². The van der Waals surface area contributed by atoms with E-state index in [1.165, 1.54) is 36.2 Å². The van der Waals surface area contributed by atoms with Gasteiger partial charge in [0.25, 0.3) is 5.91 Å². The molecule has 3 aromatic rings. The Bertz CT molecular complexity index is 1170. The summed E-state index contributed by atoms with van der Waals surface area (Å²) < 4.78 is 20.0. The summed E-state index contributed by atoms with van der Waals surface area (Å²) in [6.07, 6.45) is 2.77. The lowest BCUT2D eigenvalue weighted by Gasteiger charge is -2.11. The Morgan fingerprint density at radius 2 is 2.16 bits per heavy atom. The van der Waals surface area contributed by atoms with Crippen LogP contribution in [0.15, 0.2) is 51.7 Å². The molecule has 0 aliphatic carbocycles.